The maximum Gasteiger partial charge on any atom is 0.150 e. The second kappa shape index (κ2) is 4.79. The van der Waals surface area contributed by atoms with Gasteiger partial charge in [-0.2, -0.15) is 0 Å². The van der Waals surface area contributed by atoms with Crippen LogP contribution >= 0.6 is 0 Å². The average molecular weight is 217 g/mol. The van der Waals surface area contributed by atoms with Crippen molar-refractivity contribution in [2.24, 2.45) is 0 Å². The molecule has 0 aliphatic carbocycles. The van der Waals surface area contributed by atoms with E-state index in [1.54, 1.807) is 0 Å². The van der Waals surface area contributed by atoms with E-state index in [1.807, 2.05) is 13.0 Å². The average Bonchev–Trinajstić information content (AvgIpc) is 2.30. The van der Waals surface area contributed by atoms with Crippen molar-refractivity contribution in [3.05, 3.63) is 34.9 Å². The zero-order chi connectivity index (χ0) is 11.5. The monoisotopic (exact) mass is 217 g/mol. The summed E-state index contributed by atoms with van der Waals surface area (Å²) in [6.07, 6.45) is 3.40. The van der Waals surface area contributed by atoms with Gasteiger partial charge in [0.1, 0.15) is 6.29 Å². The summed E-state index contributed by atoms with van der Waals surface area (Å²) in [5, 5.41) is 0. The van der Waals surface area contributed by atoms with Crippen molar-refractivity contribution in [3.8, 4) is 0 Å². The molecule has 0 bridgehead atoms. The highest BCUT2D eigenvalue weighted by molar-refractivity contribution is 5.77. The third-order valence-corrected chi connectivity index (χ3v) is 3.61. The Morgan fingerprint density at radius 3 is 2.56 bits per heavy atom. The van der Waals surface area contributed by atoms with Gasteiger partial charge < -0.3 is 4.90 Å². The Balaban J connectivity index is 2.15. The standard InChI is InChI=1S/C14H19NO/c1-11-9-13(3-4-14(11)10-16)12-5-7-15(2)8-6-12/h3-4,9-10,12H,5-8H2,1-2H3. The number of aryl methyl sites for hydroxylation is 1. The molecule has 0 atom stereocenters. The van der Waals surface area contributed by atoms with Crippen molar-refractivity contribution < 1.29 is 4.79 Å². The number of hydrogen-bond acceptors (Lipinski definition) is 2. The smallest absolute Gasteiger partial charge is 0.150 e. The van der Waals surface area contributed by atoms with Crippen LogP contribution < -0.4 is 0 Å². The molecule has 2 heteroatoms. The number of piperidine rings is 1. The van der Waals surface area contributed by atoms with Gasteiger partial charge in [0.05, 0.1) is 0 Å². The van der Waals surface area contributed by atoms with E-state index in [2.05, 4.69) is 24.1 Å². The molecule has 1 aromatic rings. The molecule has 0 spiro atoms. The molecule has 2 rings (SSSR count). The Morgan fingerprint density at radius 1 is 1.31 bits per heavy atom. The fourth-order valence-corrected chi connectivity index (χ4v) is 2.43. The number of likely N-dealkylation sites (tertiary alicyclic amines) is 1. The van der Waals surface area contributed by atoms with Crippen LogP contribution in [0.3, 0.4) is 0 Å². The van der Waals surface area contributed by atoms with Gasteiger partial charge in [-0.1, -0.05) is 18.2 Å². The quantitative estimate of drug-likeness (QED) is 0.710. The number of hydrogen-bond donors (Lipinski definition) is 0. The third-order valence-electron chi connectivity index (χ3n) is 3.61. The van der Waals surface area contributed by atoms with E-state index in [0.717, 1.165) is 17.4 Å². The molecule has 1 aliphatic heterocycles. The molecule has 1 aromatic carbocycles. The van der Waals surface area contributed by atoms with Crippen LogP contribution in [0.4, 0.5) is 0 Å². The van der Waals surface area contributed by atoms with E-state index in [1.165, 1.54) is 31.5 Å². The van der Waals surface area contributed by atoms with Gasteiger partial charge >= 0.3 is 0 Å². The molecule has 0 radical (unpaired) electrons. The summed E-state index contributed by atoms with van der Waals surface area (Å²) in [6, 6.07) is 6.25. The number of aldehydes is 1. The predicted molar refractivity (Wildman–Crippen MR) is 66.0 cm³/mol. The summed E-state index contributed by atoms with van der Waals surface area (Å²) in [5.74, 6) is 0.676. The predicted octanol–water partition coefficient (Wildman–Crippen LogP) is 2.62. The minimum absolute atomic E-state index is 0.676. The first-order chi connectivity index (χ1) is 7.70. The molecule has 0 amide bonds. The Bertz CT molecular complexity index is 378. The molecule has 0 aromatic heterocycles. The van der Waals surface area contributed by atoms with Crippen LogP contribution in [0, 0.1) is 6.92 Å². The molecule has 1 saturated heterocycles. The number of carbonyl (C=O) groups is 1. The Labute approximate surface area is 97.3 Å². The second-order valence-electron chi connectivity index (χ2n) is 4.81. The van der Waals surface area contributed by atoms with Crippen molar-refractivity contribution in [1.29, 1.82) is 0 Å². The lowest BCUT2D eigenvalue weighted by molar-refractivity contribution is 0.112. The number of carbonyl (C=O) groups excluding carboxylic acids is 1. The van der Waals surface area contributed by atoms with Crippen LogP contribution in [0.1, 0.15) is 40.2 Å². The lowest BCUT2D eigenvalue weighted by atomic mass is 9.88. The summed E-state index contributed by atoms with van der Waals surface area (Å²) in [5.41, 5.74) is 3.32. The second-order valence-corrected chi connectivity index (χ2v) is 4.81. The van der Waals surface area contributed by atoms with Crippen LogP contribution in [0.2, 0.25) is 0 Å². The minimum Gasteiger partial charge on any atom is -0.306 e. The molecule has 16 heavy (non-hydrogen) atoms. The highest BCUT2D eigenvalue weighted by Crippen LogP contribution is 2.28. The molecule has 2 nitrogen and oxygen atoms in total. The SMILES string of the molecule is Cc1cc(C2CCN(C)CC2)ccc1C=O. The van der Waals surface area contributed by atoms with Crippen LogP contribution in [-0.2, 0) is 0 Å². The van der Waals surface area contributed by atoms with E-state index in [-0.39, 0.29) is 0 Å². The van der Waals surface area contributed by atoms with Crippen LogP contribution in [-0.4, -0.2) is 31.3 Å². The lowest BCUT2D eigenvalue weighted by Gasteiger charge is -2.29. The van der Waals surface area contributed by atoms with Gasteiger partial charge in [-0.15, -0.1) is 0 Å². The molecule has 86 valence electrons. The first-order valence-electron chi connectivity index (χ1n) is 5.95. The van der Waals surface area contributed by atoms with E-state index in [4.69, 9.17) is 0 Å². The van der Waals surface area contributed by atoms with Gasteiger partial charge in [0.25, 0.3) is 0 Å². The van der Waals surface area contributed by atoms with Crippen LogP contribution in [0.15, 0.2) is 18.2 Å². The summed E-state index contributed by atoms with van der Waals surface area (Å²) in [4.78, 5) is 13.1. The van der Waals surface area contributed by atoms with E-state index in [9.17, 15) is 4.79 Å². The van der Waals surface area contributed by atoms with E-state index < -0.39 is 0 Å². The van der Waals surface area contributed by atoms with E-state index >= 15 is 0 Å². The van der Waals surface area contributed by atoms with Crippen LogP contribution in [0.25, 0.3) is 0 Å². The fourth-order valence-electron chi connectivity index (χ4n) is 2.43. The number of nitrogens with zero attached hydrogens (tertiary/aromatic N) is 1. The third kappa shape index (κ3) is 2.33. The Morgan fingerprint density at radius 2 is 2.00 bits per heavy atom. The molecule has 1 fully saturated rings. The minimum atomic E-state index is 0.676. The Hall–Kier alpha value is -1.15. The van der Waals surface area contributed by atoms with Gasteiger partial charge in [0.2, 0.25) is 0 Å². The summed E-state index contributed by atoms with van der Waals surface area (Å²) in [7, 11) is 2.18. The number of benzene rings is 1. The van der Waals surface area contributed by atoms with Crippen molar-refractivity contribution >= 4 is 6.29 Å². The van der Waals surface area contributed by atoms with Gasteiger partial charge in [0, 0.05) is 5.56 Å². The fraction of sp³-hybridized carbons (Fsp3) is 0.500. The molecule has 0 N–H and O–H groups in total. The zero-order valence-corrected chi connectivity index (χ0v) is 10.1. The van der Waals surface area contributed by atoms with Crippen molar-refractivity contribution in [3.63, 3.8) is 0 Å². The normalized spacial score (nSPS) is 18.6. The van der Waals surface area contributed by atoms with Crippen molar-refractivity contribution in [2.75, 3.05) is 20.1 Å². The maximum absolute atomic E-state index is 10.8. The lowest BCUT2D eigenvalue weighted by Crippen LogP contribution is -2.29. The highest BCUT2D eigenvalue weighted by Gasteiger charge is 2.18. The topological polar surface area (TPSA) is 20.3 Å². The first kappa shape index (κ1) is 11.3. The van der Waals surface area contributed by atoms with Gasteiger partial charge in [-0.25, -0.2) is 0 Å². The van der Waals surface area contributed by atoms with Crippen molar-refractivity contribution in [1.82, 2.24) is 4.90 Å². The Kier molecular flexibility index (Phi) is 3.39. The van der Waals surface area contributed by atoms with Crippen LogP contribution in [0.5, 0.6) is 0 Å². The molecular formula is C14H19NO. The van der Waals surface area contributed by atoms with Crippen molar-refractivity contribution in [2.45, 2.75) is 25.7 Å². The first-order valence-corrected chi connectivity index (χ1v) is 5.95. The van der Waals surface area contributed by atoms with Gasteiger partial charge in [0.15, 0.2) is 0 Å². The van der Waals surface area contributed by atoms with Gasteiger partial charge in [-0.05, 0) is 56.9 Å². The molecular weight excluding hydrogens is 198 g/mol. The molecule has 1 aliphatic rings. The molecule has 0 unspecified atom stereocenters. The van der Waals surface area contributed by atoms with Gasteiger partial charge in [-0.3, -0.25) is 4.79 Å². The largest absolute Gasteiger partial charge is 0.306 e. The summed E-state index contributed by atoms with van der Waals surface area (Å²) < 4.78 is 0. The maximum atomic E-state index is 10.8. The molecule has 0 saturated carbocycles. The highest BCUT2D eigenvalue weighted by atomic mass is 16.1. The van der Waals surface area contributed by atoms with E-state index in [0.29, 0.717) is 5.92 Å². The molecule has 1 heterocycles. The number of rotatable bonds is 2. The summed E-state index contributed by atoms with van der Waals surface area (Å²) in [6.45, 7) is 4.38. The summed E-state index contributed by atoms with van der Waals surface area (Å²) >= 11 is 0. The zero-order valence-electron chi connectivity index (χ0n) is 10.1.